The first-order valence-electron chi connectivity index (χ1n) is 10.7. The van der Waals surface area contributed by atoms with Crippen LogP contribution in [0.5, 0.6) is 0 Å². The Balaban J connectivity index is 1.54. The normalized spacial score (nSPS) is 13.5. The number of fused-ring (bicyclic) bond motifs is 2. The number of nitrogens with zero attached hydrogens (tertiary/aromatic N) is 2. The van der Waals surface area contributed by atoms with Crippen LogP contribution in [0.15, 0.2) is 53.4 Å². The molecular weight excluding hydrogens is 506 g/mol. The Hall–Kier alpha value is -3.28. The van der Waals surface area contributed by atoms with E-state index in [0.29, 0.717) is 30.1 Å². The summed E-state index contributed by atoms with van der Waals surface area (Å²) in [5.41, 5.74) is 3.16. The molecule has 0 radical (unpaired) electrons. The number of ether oxygens (including phenoxy) is 1. The molecular formula is C24H21N3O5S3. The van der Waals surface area contributed by atoms with Gasteiger partial charge >= 0.3 is 6.09 Å². The SMILES string of the molecule is COC(=O)N1CCc2c(sc(NC(=O)c3ccc(S(C)(=O)=O)cc3)c2-c2nc3ccccc3s2)C1. The molecule has 2 aromatic heterocycles. The number of rotatable bonds is 4. The van der Waals surface area contributed by atoms with Crippen LogP contribution in [0, 0.1) is 0 Å². The van der Waals surface area contributed by atoms with Gasteiger partial charge < -0.3 is 15.0 Å². The summed E-state index contributed by atoms with van der Waals surface area (Å²) in [5, 5.41) is 4.46. The van der Waals surface area contributed by atoms with Gasteiger partial charge in [-0.3, -0.25) is 4.79 Å². The maximum absolute atomic E-state index is 13.1. The van der Waals surface area contributed by atoms with Crippen molar-refractivity contribution in [1.29, 1.82) is 0 Å². The molecule has 8 nitrogen and oxygen atoms in total. The summed E-state index contributed by atoms with van der Waals surface area (Å²) in [7, 11) is -1.99. The van der Waals surface area contributed by atoms with E-state index in [1.165, 1.54) is 42.7 Å². The number of nitrogens with one attached hydrogen (secondary N) is 1. The Morgan fingerprint density at radius 1 is 1.09 bits per heavy atom. The van der Waals surface area contributed by atoms with Gasteiger partial charge in [0.05, 0.1) is 28.8 Å². The van der Waals surface area contributed by atoms with Gasteiger partial charge in [0.25, 0.3) is 5.91 Å². The van der Waals surface area contributed by atoms with E-state index in [1.54, 1.807) is 16.2 Å². The third-order valence-electron chi connectivity index (χ3n) is 5.77. The summed E-state index contributed by atoms with van der Waals surface area (Å²) in [5.74, 6) is -0.351. The number of thiophene rings is 1. The zero-order valence-electron chi connectivity index (χ0n) is 18.9. The highest BCUT2D eigenvalue weighted by Gasteiger charge is 2.30. The first-order chi connectivity index (χ1) is 16.7. The lowest BCUT2D eigenvalue weighted by atomic mass is 10.0. The molecule has 11 heteroatoms. The van der Waals surface area contributed by atoms with Gasteiger partial charge in [0.2, 0.25) is 0 Å². The number of anilines is 1. The van der Waals surface area contributed by atoms with Crippen molar-refractivity contribution >= 4 is 59.7 Å². The molecule has 0 atom stereocenters. The third kappa shape index (κ3) is 4.54. The minimum absolute atomic E-state index is 0.152. The molecule has 0 bridgehead atoms. The van der Waals surface area contributed by atoms with Crippen molar-refractivity contribution in [2.45, 2.75) is 17.9 Å². The van der Waals surface area contributed by atoms with Crippen LogP contribution < -0.4 is 5.32 Å². The maximum Gasteiger partial charge on any atom is 0.409 e. The van der Waals surface area contributed by atoms with Crippen LogP contribution in [-0.4, -0.2) is 50.2 Å². The van der Waals surface area contributed by atoms with Crippen molar-refractivity contribution in [3.05, 3.63) is 64.5 Å². The van der Waals surface area contributed by atoms with E-state index in [-0.39, 0.29) is 16.9 Å². The van der Waals surface area contributed by atoms with Gasteiger partial charge in [-0.1, -0.05) is 12.1 Å². The number of methoxy groups -OCH3 is 1. The summed E-state index contributed by atoms with van der Waals surface area (Å²) in [4.78, 5) is 32.8. The number of carbonyl (C=O) groups excluding carboxylic acids is 2. The van der Waals surface area contributed by atoms with Crippen molar-refractivity contribution in [3.8, 4) is 10.6 Å². The number of hydrogen-bond donors (Lipinski definition) is 1. The average molecular weight is 528 g/mol. The number of amides is 2. The smallest absolute Gasteiger partial charge is 0.409 e. The van der Waals surface area contributed by atoms with Gasteiger partial charge in [-0.2, -0.15) is 0 Å². The number of carbonyl (C=O) groups is 2. The zero-order chi connectivity index (χ0) is 24.7. The predicted octanol–water partition coefficient (Wildman–Crippen LogP) is 4.81. The van der Waals surface area contributed by atoms with E-state index in [2.05, 4.69) is 5.32 Å². The summed E-state index contributed by atoms with van der Waals surface area (Å²) in [6.07, 6.45) is 1.35. The Labute approximate surface area is 210 Å². The number of thiazole rings is 1. The fourth-order valence-corrected chi connectivity index (χ4v) is 7.01. The highest BCUT2D eigenvalue weighted by molar-refractivity contribution is 7.90. The van der Waals surface area contributed by atoms with E-state index in [0.717, 1.165) is 37.5 Å². The second kappa shape index (κ2) is 9.06. The Kier molecular flexibility index (Phi) is 6.07. The second-order valence-corrected chi connectivity index (χ2v) is 12.2. The van der Waals surface area contributed by atoms with E-state index in [4.69, 9.17) is 9.72 Å². The fourth-order valence-electron chi connectivity index (χ4n) is 4.01. The number of benzene rings is 2. The topological polar surface area (TPSA) is 106 Å². The quantitative estimate of drug-likeness (QED) is 0.409. The molecule has 1 aliphatic heterocycles. The number of sulfone groups is 1. The standard InChI is InChI=1S/C24H21N3O5S3/c1-32-24(29)27-12-11-16-19(13-27)34-23(20(16)22-25-17-5-3-4-6-18(17)33-22)26-21(28)14-7-9-15(10-8-14)35(2,30)31/h3-10H,11-13H2,1-2H3,(H,26,28). The largest absolute Gasteiger partial charge is 0.453 e. The molecule has 2 amide bonds. The lowest BCUT2D eigenvalue weighted by Gasteiger charge is -2.25. The van der Waals surface area contributed by atoms with E-state index in [1.807, 2.05) is 24.3 Å². The van der Waals surface area contributed by atoms with E-state index in [9.17, 15) is 18.0 Å². The molecule has 0 saturated carbocycles. The van der Waals surface area contributed by atoms with Crippen LogP contribution in [0.1, 0.15) is 20.8 Å². The molecule has 0 spiro atoms. The summed E-state index contributed by atoms with van der Waals surface area (Å²) in [6.45, 7) is 0.901. The predicted molar refractivity (Wildman–Crippen MR) is 137 cm³/mol. The summed E-state index contributed by atoms with van der Waals surface area (Å²) in [6, 6.07) is 13.7. The summed E-state index contributed by atoms with van der Waals surface area (Å²) < 4.78 is 29.4. The molecule has 0 saturated heterocycles. The van der Waals surface area contributed by atoms with Gasteiger partial charge in [-0.05, 0) is 48.4 Å². The monoisotopic (exact) mass is 527 g/mol. The molecule has 3 heterocycles. The van der Waals surface area contributed by atoms with Crippen LogP contribution in [0.3, 0.4) is 0 Å². The lowest BCUT2D eigenvalue weighted by molar-refractivity contribution is 0.102. The number of aromatic nitrogens is 1. The van der Waals surface area contributed by atoms with Gasteiger partial charge in [-0.25, -0.2) is 18.2 Å². The molecule has 1 aliphatic rings. The summed E-state index contributed by atoms with van der Waals surface area (Å²) >= 11 is 2.97. The number of para-hydroxylation sites is 1. The highest BCUT2D eigenvalue weighted by Crippen LogP contribution is 2.45. The molecule has 0 aliphatic carbocycles. The van der Waals surface area contributed by atoms with Crippen LogP contribution >= 0.6 is 22.7 Å². The third-order valence-corrected chi connectivity index (χ3v) is 9.08. The Morgan fingerprint density at radius 2 is 1.83 bits per heavy atom. The van der Waals surface area contributed by atoms with Crippen LogP contribution in [0.25, 0.3) is 20.8 Å². The van der Waals surface area contributed by atoms with Crippen molar-refractivity contribution < 1.29 is 22.7 Å². The van der Waals surface area contributed by atoms with Crippen molar-refractivity contribution in [2.24, 2.45) is 0 Å². The van der Waals surface area contributed by atoms with E-state index >= 15 is 0 Å². The second-order valence-electron chi connectivity index (χ2n) is 8.09. The first-order valence-corrected chi connectivity index (χ1v) is 14.2. The molecule has 0 fully saturated rings. The van der Waals surface area contributed by atoms with Gasteiger partial charge in [0, 0.05) is 28.8 Å². The molecule has 180 valence electrons. The maximum atomic E-state index is 13.1. The highest BCUT2D eigenvalue weighted by atomic mass is 32.2. The average Bonchev–Trinajstić information content (AvgIpc) is 3.43. The Morgan fingerprint density at radius 3 is 2.51 bits per heavy atom. The lowest BCUT2D eigenvalue weighted by Crippen LogP contribution is -2.35. The van der Waals surface area contributed by atoms with Crippen LogP contribution in [0.2, 0.25) is 0 Å². The van der Waals surface area contributed by atoms with Crippen molar-refractivity contribution in [2.75, 3.05) is 25.2 Å². The Bertz CT molecular complexity index is 1520. The minimum atomic E-state index is -3.36. The molecule has 5 rings (SSSR count). The molecule has 4 aromatic rings. The van der Waals surface area contributed by atoms with Gasteiger partial charge in [-0.15, -0.1) is 22.7 Å². The van der Waals surface area contributed by atoms with E-state index < -0.39 is 9.84 Å². The van der Waals surface area contributed by atoms with Gasteiger partial charge in [0.1, 0.15) is 10.0 Å². The first kappa shape index (κ1) is 23.5. The molecule has 35 heavy (non-hydrogen) atoms. The van der Waals surface area contributed by atoms with Crippen LogP contribution in [-0.2, 0) is 27.5 Å². The van der Waals surface area contributed by atoms with Crippen molar-refractivity contribution in [3.63, 3.8) is 0 Å². The van der Waals surface area contributed by atoms with Crippen LogP contribution in [0.4, 0.5) is 9.80 Å². The molecule has 0 unspecified atom stereocenters. The minimum Gasteiger partial charge on any atom is -0.453 e. The molecule has 1 N–H and O–H groups in total. The van der Waals surface area contributed by atoms with Crippen molar-refractivity contribution in [1.82, 2.24) is 9.88 Å². The fraction of sp³-hybridized carbons (Fsp3) is 0.208. The molecule has 2 aromatic carbocycles. The zero-order valence-corrected chi connectivity index (χ0v) is 21.4. The number of hydrogen-bond acceptors (Lipinski definition) is 8. The van der Waals surface area contributed by atoms with Gasteiger partial charge in [0.15, 0.2) is 9.84 Å².